The third kappa shape index (κ3) is 4.42. The van der Waals surface area contributed by atoms with Gasteiger partial charge in [0, 0.05) is 39.6 Å². The summed E-state index contributed by atoms with van der Waals surface area (Å²) >= 11 is 0. The van der Waals surface area contributed by atoms with Crippen molar-refractivity contribution in [2.75, 3.05) is 40.3 Å². The number of carbonyl (C=O) groups excluding carboxylic acids is 1. The Morgan fingerprint density at radius 3 is 2.63 bits per heavy atom. The molecule has 0 atom stereocenters. The molecule has 27 heavy (non-hydrogen) atoms. The van der Waals surface area contributed by atoms with Crippen LogP contribution in [0, 0.1) is 5.41 Å². The third-order valence-electron chi connectivity index (χ3n) is 5.90. The average Bonchev–Trinajstić information content (AvgIpc) is 3.37. The summed E-state index contributed by atoms with van der Waals surface area (Å²) in [5.74, 6) is 2.58. The lowest BCUT2D eigenvalue weighted by Crippen LogP contribution is -2.47. The van der Waals surface area contributed by atoms with Crippen LogP contribution < -0.4 is 5.32 Å². The molecular weight excluding hydrogens is 342 g/mol. The molecule has 2 aliphatic rings. The van der Waals surface area contributed by atoms with Gasteiger partial charge in [-0.2, -0.15) is 5.10 Å². The first-order valence-corrected chi connectivity index (χ1v) is 10.2. The van der Waals surface area contributed by atoms with Gasteiger partial charge in [0.15, 0.2) is 5.96 Å². The molecule has 8 nitrogen and oxygen atoms in total. The van der Waals surface area contributed by atoms with Crippen molar-refractivity contribution in [1.82, 2.24) is 30.3 Å². The average molecular weight is 376 g/mol. The van der Waals surface area contributed by atoms with Crippen LogP contribution in [0.3, 0.4) is 0 Å². The lowest BCUT2D eigenvalue weighted by Gasteiger charge is -2.34. The van der Waals surface area contributed by atoms with E-state index in [0.717, 1.165) is 69.9 Å². The molecule has 2 heterocycles. The number of aromatic amines is 1. The van der Waals surface area contributed by atoms with E-state index in [2.05, 4.69) is 32.3 Å². The molecule has 2 N–H and O–H groups in total. The lowest BCUT2D eigenvalue weighted by molar-refractivity contribution is -0.138. The number of amides is 1. The maximum absolute atomic E-state index is 12.8. The Morgan fingerprint density at radius 2 is 2.07 bits per heavy atom. The van der Waals surface area contributed by atoms with Gasteiger partial charge in [0.05, 0.1) is 12.0 Å². The summed E-state index contributed by atoms with van der Waals surface area (Å²) in [7, 11) is 3.71. The number of carbonyl (C=O) groups is 1. The normalized spacial score (nSPS) is 20.7. The SMILES string of the molecule is CCNC(=NCC1(C(=O)N(C)C)CCCC1)N1CCC(c2ncn[nH]2)CC1. The molecule has 1 amide bonds. The maximum atomic E-state index is 12.8. The fourth-order valence-electron chi connectivity index (χ4n) is 4.39. The van der Waals surface area contributed by atoms with Crippen LogP contribution in [0.5, 0.6) is 0 Å². The van der Waals surface area contributed by atoms with Crippen molar-refractivity contribution in [3.8, 4) is 0 Å². The number of piperidine rings is 1. The van der Waals surface area contributed by atoms with Crippen LogP contribution in [-0.2, 0) is 4.79 Å². The molecule has 8 heteroatoms. The van der Waals surface area contributed by atoms with Crippen LogP contribution in [0.25, 0.3) is 0 Å². The van der Waals surface area contributed by atoms with Crippen LogP contribution in [0.4, 0.5) is 0 Å². The summed E-state index contributed by atoms with van der Waals surface area (Å²) in [6, 6.07) is 0. The van der Waals surface area contributed by atoms with E-state index in [0.29, 0.717) is 12.5 Å². The second-order valence-electron chi connectivity index (χ2n) is 7.99. The van der Waals surface area contributed by atoms with Crippen molar-refractivity contribution < 1.29 is 4.79 Å². The van der Waals surface area contributed by atoms with Crippen LogP contribution >= 0.6 is 0 Å². The Morgan fingerprint density at radius 1 is 1.37 bits per heavy atom. The predicted octanol–water partition coefficient (Wildman–Crippen LogP) is 1.60. The molecule has 1 saturated heterocycles. The molecule has 1 aromatic heterocycles. The number of nitrogens with one attached hydrogen (secondary N) is 2. The van der Waals surface area contributed by atoms with E-state index in [9.17, 15) is 4.79 Å². The molecule has 0 unspecified atom stereocenters. The number of aromatic nitrogens is 3. The number of likely N-dealkylation sites (tertiary alicyclic amines) is 1. The van der Waals surface area contributed by atoms with Gasteiger partial charge in [-0.05, 0) is 32.6 Å². The van der Waals surface area contributed by atoms with Gasteiger partial charge >= 0.3 is 0 Å². The highest BCUT2D eigenvalue weighted by Gasteiger charge is 2.42. The molecule has 1 saturated carbocycles. The number of hydrogen-bond donors (Lipinski definition) is 2. The van der Waals surface area contributed by atoms with Gasteiger partial charge in [-0.1, -0.05) is 12.8 Å². The van der Waals surface area contributed by atoms with Crippen molar-refractivity contribution in [2.45, 2.75) is 51.4 Å². The minimum absolute atomic E-state index is 0.226. The first-order chi connectivity index (χ1) is 13.1. The van der Waals surface area contributed by atoms with Gasteiger partial charge in [0.1, 0.15) is 12.2 Å². The van der Waals surface area contributed by atoms with E-state index >= 15 is 0 Å². The van der Waals surface area contributed by atoms with E-state index in [-0.39, 0.29) is 11.3 Å². The third-order valence-corrected chi connectivity index (χ3v) is 5.90. The topological polar surface area (TPSA) is 89.5 Å². The van der Waals surface area contributed by atoms with Gasteiger partial charge in [-0.15, -0.1) is 0 Å². The molecule has 1 aliphatic carbocycles. The van der Waals surface area contributed by atoms with Gasteiger partial charge in [0.2, 0.25) is 5.91 Å². The summed E-state index contributed by atoms with van der Waals surface area (Å²) in [4.78, 5) is 26.1. The second kappa shape index (κ2) is 8.71. The van der Waals surface area contributed by atoms with Crippen LogP contribution in [0.15, 0.2) is 11.3 Å². The van der Waals surface area contributed by atoms with Crippen LogP contribution in [-0.4, -0.2) is 77.1 Å². The molecule has 1 aromatic rings. The fourth-order valence-corrected chi connectivity index (χ4v) is 4.39. The Balaban J connectivity index is 1.67. The molecule has 2 fully saturated rings. The maximum Gasteiger partial charge on any atom is 0.230 e. The quantitative estimate of drug-likeness (QED) is 0.603. The first kappa shape index (κ1) is 19.6. The summed E-state index contributed by atoms with van der Waals surface area (Å²) in [6.07, 6.45) is 7.77. The van der Waals surface area contributed by atoms with Gasteiger partial charge in [-0.3, -0.25) is 14.9 Å². The molecule has 0 radical (unpaired) electrons. The van der Waals surface area contributed by atoms with Crippen molar-refractivity contribution in [1.29, 1.82) is 0 Å². The van der Waals surface area contributed by atoms with Crippen LogP contribution in [0.1, 0.15) is 57.2 Å². The number of rotatable bonds is 5. The van der Waals surface area contributed by atoms with Crippen molar-refractivity contribution in [3.63, 3.8) is 0 Å². The molecule has 1 aliphatic heterocycles. The molecule has 150 valence electrons. The van der Waals surface area contributed by atoms with E-state index in [4.69, 9.17) is 4.99 Å². The Hall–Kier alpha value is -2.12. The Bertz CT molecular complexity index is 626. The highest BCUT2D eigenvalue weighted by atomic mass is 16.2. The number of H-pyrrole nitrogens is 1. The van der Waals surface area contributed by atoms with E-state index in [1.807, 2.05) is 14.1 Å². The summed E-state index contributed by atoms with van der Waals surface area (Å²) in [5.41, 5.74) is -0.317. The van der Waals surface area contributed by atoms with Gasteiger partial charge in [-0.25, -0.2) is 4.98 Å². The van der Waals surface area contributed by atoms with Crippen LogP contribution in [0.2, 0.25) is 0 Å². The number of guanidine groups is 1. The van der Waals surface area contributed by atoms with Crippen molar-refractivity contribution in [2.24, 2.45) is 10.4 Å². The lowest BCUT2D eigenvalue weighted by atomic mass is 9.85. The summed E-state index contributed by atoms with van der Waals surface area (Å²) in [6.45, 7) is 5.37. The van der Waals surface area contributed by atoms with E-state index < -0.39 is 0 Å². The monoisotopic (exact) mass is 375 g/mol. The summed E-state index contributed by atoms with van der Waals surface area (Å²) < 4.78 is 0. The predicted molar refractivity (Wildman–Crippen MR) is 106 cm³/mol. The van der Waals surface area contributed by atoms with Crippen molar-refractivity contribution >= 4 is 11.9 Å². The highest BCUT2D eigenvalue weighted by molar-refractivity contribution is 5.84. The minimum Gasteiger partial charge on any atom is -0.357 e. The summed E-state index contributed by atoms with van der Waals surface area (Å²) in [5, 5.41) is 10.4. The zero-order chi connectivity index (χ0) is 19.3. The smallest absolute Gasteiger partial charge is 0.230 e. The molecular formula is C19H33N7O. The van der Waals surface area contributed by atoms with E-state index in [1.165, 1.54) is 0 Å². The standard InChI is InChI=1S/C19H33N7O/c1-4-20-18(21-13-19(9-5-6-10-19)17(27)25(2)3)26-11-7-15(8-12-26)16-22-14-23-24-16/h14-15H,4-13H2,1-3H3,(H,20,21)(H,22,23,24). The van der Waals surface area contributed by atoms with Gasteiger partial charge < -0.3 is 15.1 Å². The van der Waals surface area contributed by atoms with Gasteiger partial charge in [0.25, 0.3) is 0 Å². The molecule has 0 bridgehead atoms. The molecule has 3 rings (SSSR count). The number of nitrogens with zero attached hydrogens (tertiary/aromatic N) is 5. The minimum atomic E-state index is -0.317. The number of aliphatic imine (C=N–C) groups is 1. The molecule has 0 aromatic carbocycles. The zero-order valence-electron chi connectivity index (χ0n) is 16.9. The Labute approximate surface area is 161 Å². The largest absolute Gasteiger partial charge is 0.357 e. The molecule has 0 spiro atoms. The first-order valence-electron chi connectivity index (χ1n) is 10.2. The highest BCUT2D eigenvalue weighted by Crippen LogP contribution is 2.40. The van der Waals surface area contributed by atoms with E-state index in [1.54, 1.807) is 11.2 Å². The second-order valence-corrected chi connectivity index (χ2v) is 7.99. The fraction of sp³-hybridized carbons (Fsp3) is 0.789. The number of hydrogen-bond acceptors (Lipinski definition) is 4. The Kier molecular flexibility index (Phi) is 6.34. The van der Waals surface area contributed by atoms with Crippen molar-refractivity contribution in [3.05, 3.63) is 12.2 Å². The zero-order valence-corrected chi connectivity index (χ0v) is 16.9.